The van der Waals surface area contributed by atoms with Gasteiger partial charge in [0.1, 0.15) is 0 Å². The van der Waals surface area contributed by atoms with E-state index in [9.17, 15) is 0 Å². The molecule has 6 nitrogen and oxygen atoms in total. The van der Waals surface area contributed by atoms with Crippen molar-refractivity contribution >= 4 is 46.4 Å². The van der Waals surface area contributed by atoms with Crippen LogP contribution in [0.2, 0.25) is 0 Å². The summed E-state index contributed by atoms with van der Waals surface area (Å²) in [6, 6.07) is 0. The van der Waals surface area contributed by atoms with Crippen molar-refractivity contribution in [3.8, 4) is 0 Å². The van der Waals surface area contributed by atoms with Crippen LogP contribution in [-0.2, 0) is 11.8 Å². The first-order chi connectivity index (χ1) is 4.33. The van der Waals surface area contributed by atoms with E-state index >= 15 is 0 Å². The third-order valence-electron chi connectivity index (χ3n) is 0.129. The Balaban J connectivity index is -0.000000000735. The molecule has 2 radical (unpaired) electrons. The predicted molar refractivity (Wildman–Crippen MR) is 205 cm³/mol. The van der Waals surface area contributed by atoms with E-state index in [4.69, 9.17) is 11.1 Å². The summed E-state index contributed by atoms with van der Waals surface area (Å²) in [6.07, 6.45) is 0. The van der Waals surface area contributed by atoms with E-state index in [1.165, 1.54) is 0 Å². The molecule has 0 fully saturated rings. The summed E-state index contributed by atoms with van der Waals surface area (Å²) in [5, 5.41) is 10.1. The number of hydrogen-bond donors (Lipinski definition) is 2. The lowest BCUT2D eigenvalue weighted by molar-refractivity contribution is 0.808. The standard InChI is InChI=1S/22CH4.BPS.H2N6.2H3P/c;;;;;;;;;;;;;;;;;;;;;;1-2-3;1-3-5-6-4-2;;/h22*1H4;;1-2H;2*1H3/b;;;;;;;;;;;;;;;;;;;;;;;3-1?,4-2?,6-5+;;. The number of hydrogen-bond acceptors (Lipinski definition) is 3. The Kier molecular flexibility index (Phi) is 22800. The molecule has 0 rings (SSSR count). The zero-order valence-corrected chi connectivity index (χ0v) is 10.2. The topological polar surface area (TPSA) is 97.1 Å². The van der Waals surface area contributed by atoms with Crippen LogP contribution in [0.15, 0.2) is 20.9 Å². The van der Waals surface area contributed by atoms with E-state index in [-0.39, 0.29) is 183 Å². The number of nitrogens with one attached hydrogen (secondary N) is 2. The summed E-state index contributed by atoms with van der Waals surface area (Å²) < 4.78 is 0. The second-order valence-electron chi connectivity index (χ2n) is 0.484. The molecule has 33 heavy (non-hydrogen) atoms. The quantitative estimate of drug-likeness (QED) is 0.144. The third kappa shape index (κ3) is 2800. The Morgan fingerprint density at radius 3 is 0.485 bits per heavy atom. The lowest BCUT2D eigenvalue weighted by Gasteiger charge is -1.56. The summed E-state index contributed by atoms with van der Waals surface area (Å²) in [5.41, 5.74) is 11.9. The van der Waals surface area contributed by atoms with E-state index in [1.807, 2.05) is 0 Å². The average molecular weight is 581 g/mol. The molecule has 0 aromatic carbocycles. The van der Waals surface area contributed by atoms with Crippen molar-refractivity contribution in [3.63, 3.8) is 0 Å². The SMILES string of the molecule is C.C.C.C.C.C.C.C.C.C.C.C.C.C.C.C.C.C.C.C.C.C.N=N/N=N/N=N.P.P.[B]P=S. The lowest BCUT2D eigenvalue weighted by Crippen LogP contribution is -1.36. The van der Waals surface area contributed by atoms with Gasteiger partial charge in [-0.25, -0.2) is 0 Å². The fraction of sp³-hybridized carbons (Fsp3) is 1.00. The van der Waals surface area contributed by atoms with Gasteiger partial charge >= 0.3 is 0 Å². The fourth-order valence-electron chi connectivity index (χ4n) is 0.0400. The molecule has 0 aliphatic rings. The van der Waals surface area contributed by atoms with Gasteiger partial charge in [0.05, 0.1) is 0 Å². The van der Waals surface area contributed by atoms with Gasteiger partial charge in [0, 0.05) is 0 Å². The van der Waals surface area contributed by atoms with Gasteiger partial charge in [-0.2, -0.15) is 30.9 Å². The summed E-state index contributed by atoms with van der Waals surface area (Å²) >= 11 is 4.14. The fourth-order valence-corrected chi connectivity index (χ4v) is 0.0400. The van der Waals surface area contributed by atoms with Gasteiger partial charge in [-0.1, -0.05) is 182 Å². The van der Waals surface area contributed by atoms with Gasteiger partial charge in [-0.3, -0.25) is 0 Å². The molecule has 0 heterocycles. The largest absolute Gasteiger partial charge is 0.183 e. The molecule has 0 aliphatic carbocycles. The Labute approximate surface area is 241 Å². The van der Waals surface area contributed by atoms with Crippen LogP contribution in [0.4, 0.5) is 0 Å². The molecule has 0 saturated carbocycles. The van der Waals surface area contributed by atoms with E-state index < -0.39 is 0 Å². The van der Waals surface area contributed by atoms with Crippen LogP contribution in [0.25, 0.3) is 0 Å². The molecule has 2 unspecified atom stereocenters. The average Bonchev–Trinajstić information content (AvgIpc) is 1.86. The minimum atomic E-state index is 0. The molecule has 238 valence electrons. The van der Waals surface area contributed by atoms with E-state index in [0.29, 0.717) is 7.23 Å². The first kappa shape index (κ1) is 659. The molecular weight excluding hydrogens is 484 g/mol. The predicted octanol–water partition coefficient (Wildman–Crippen LogP) is 15.9. The smallest absolute Gasteiger partial charge is 0.167 e. The molecule has 0 spiro atoms. The van der Waals surface area contributed by atoms with Crippen LogP contribution in [0.1, 0.15) is 163 Å². The zero-order valence-electron chi connectivity index (χ0n) is 5.64. The van der Waals surface area contributed by atoms with Gasteiger partial charge in [-0.05, 0) is 20.9 Å². The van der Waals surface area contributed by atoms with Crippen LogP contribution >= 0.6 is 27.0 Å². The molecule has 0 aromatic heterocycles. The highest BCUT2D eigenvalue weighted by Gasteiger charge is 1.51. The summed E-state index contributed by atoms with van der Waals surface area (Å²) in [5.74, 6) is 0. The van der Waals surface area contributed by atoms with Gasteiger partial charge in [0.2, 0.25) is 0 Å². The van der Waals surface area contributed by atoms with Crippen molar-refractivity contribution in [2.24, 2.45) is 20.9 Å². The molecule has 11 heteroatoms. The maximum absolute atomic E-state index is 5.93. The minimum Gasteiger partial charge on any atom is -0.183 e. The van der Waals surface area contributed by atoms with E-state index in [2.05, 4.69) is 40.3 Å². The summed E-state index contributed by atoms with van der Waals surface area (Å²) in [7, 11) is 5.13. The van der Waals surface area contributed by atoms with Crippen LogP contribution in [-0.4, -0.2) is 7.57 Å². The van der Waals surface area contributed by atoms with E-state index in [0.717, 1.165) is 0 Å². The Morgan fingerprint density at radius 1 is 0.394 bits per heavy atom. The molecule has 0 aliphatic heterocycles. The zero-order chi connectivity index (χ0) is 7.54. The second kappa shape index (κ2) is 1140. The Bertz CT molecular complexity index is 135. The molecule has 0 bridgehead atoms. The first-order valence-corrected chi connectivity index (χ1v) is 3.46. The minimum absolute atomic E-state index is 0. The monoisotopic (exact) mass is 581 g/mol. The normalized spacial score (nSPS) is 2.18. The molecule has 0 aromatic rings. The van der Waals surface area contributed by atoms with Crippen molar-refractivity contribution in [3.05, 3.63) is 0 Å². The highest BCUT2D eigenvalue weighted by atomic mass is 32.4. The Morgan fingerprint density at radius 2 is 0.455 bits per heavy atom. The molecule has 0 amide bonds. The van der Waals surface area contributed by atoms with Crippen molar-refractivity contribution in [1.29, 1.82) is 11.1 Å². The lowest BCUT2D eigenvalue weighted by atomic mass is 10.8. The van der Waals surface area contributed by atoms with Gasteiger partial charge in [0.15, 0.2) is 7.57 Å². The van der Waals surface area contributed by atoms with Crippen molar-refractivity contribution in [2.75, 3.05) is 0 Å². The molecular formula is C22H96BN6P3S. The third-order valence-corrected chi connectivity index (χ3v) is 0.129. The Hall–Kier alpha value is 0.245. The summed E-state index contributed by atoms with van der Waals surface area (Å²) in [4.78, 5) is 0. The highest BCUT2D eigenvalue weighted by molar-refractivity contribution is 8.07. The summed E-state index contributed by atoms with van der Waals surface area (Å²) in [6.45, 7) is 0. The molecule has 2 atom stereocenters. The van der Waals surface area contributed by atoms with E-state index in [1.54, 1.807) is 0 Å². The van der Waals surface area contributed by atoms with Gasteiger partial charge in [0.25, 0.3) is 0 Å². The van der Waals surface area contributed by atoms with Crippen molar-refractivity contribution in [2.45, 2.75) is 163 Å². The maximum atomic E-state index is 5.93. The van der Waals surface area contributed by atoms with Crippen LogP contribution in [0.3, 0.4) is 0 Å². The van der Waals surface area contributed by atoms with Crippen LogP contribution in [0, 0.1) is 11.1 Å². The van der Waals surface area contributed by atoms with Crippen LogP contribution in [0.5, 0.6) is 0 Å². The highest BCUT2D eigenvalue weighted by Crippen LogP contribution is 1.71. The van der Waals surface area contributed by atoms with Gasteiger partial charge in [-0.15, -0.1) is 0 Å². The van der Waals surface area contributed by atoms with Crippen LogP contribution < -0.4 is 0 Å². The first-order valence-electron chi connectivity index (χ1n) is 1.49. The number of nitrogens with zero attached hydrogens (tertiary/aromatic N) is 4. The number of rotatable bonds is 2. The van der Waals surface area contributed by atoms with Crippen molar-refractivity contribution < 1.29 is 0 Å². The molecule has 2 N–H and O–H groups in total. The molecule has 0 saturated heterocycles. The van der Waals surface area contributed by atoms with Crippen molar-refractivity contribution in [1.82, 2.24) is 0 Å². The second-order valence-corrected chi connectivity index (χ2v) is 1.33. The van der Waals surface area contributed by atoms with Gasteiger partial charge < -0.3 is 0 Å². The maximum Gasteiger partial charge on any atom is 0.167 e.